The molecular weight excluding hydrogens is 298 g/mol. The fraction of sp³-hybridized carbons (Fsp3) is 0.438. The first kappa shape index (κ1) is 16.8. The molecule has 0 fully saturated rings. The second kappa shape index (κ2) is 6.68. The van der Waals surface area contributed by atoms with E-state index in [-0.39, 0.29) is 23.6 Å². The lowest BCUT2D eigenvalue weighted by Crippen LogP contribution is -2.46. The van der Waals surface area contributed by atoms with Crippen LogP contribution in [-0.4, -0.2) is 29.9 Å². The number of ether oxygens (including phenoxy) is 1. The van der Waals surface area contributed by atoms with Crippen LogP contribution in [0.4, 0.5) is 11.4 Å². The summed E-state index contributed by atoms with van der Waals surface area (Å²) in [6, 6.07) is 4.37. The maximum Gasteiger partial charge on any atom is 0.265 e. The van der Waals surface area contributed by atoms with Gasteiger partial charge in [0.05, 0.1) is 5.69 Å². The van der Waals surface area contributed by atoms with Crippen molar-refractivity contribution in [2.45, 2.75) is 39.8 Å². The van der Waals surface area contributed by atoms with Crippen LogP contribution in [0.3, 0.4) is 0 Å². The zero-order chi connectivity index (χ0) is 17.1. The fourth-order valence-corrected chi connectivity index (χ4v) is 2.26. The third-order valence-corrected chi connectivity index (χ3v) is 3.49. The van der Waals surface area contributed by atoms with Gasteiger partial charge in [-0.2, -0.15) is 0 Å². The van der Waals surface area contributed by atoms with Gasteiger partial charge in [-0.1, -0.05) is 13.8 Å². The van der Waals surface area contributed by atoms with E-state index in [0.29, 0.717) is 17.1 Å². The van der Waals surface area contributed by atoms with Gasteiger partial charge in [0.25, 0.3) is 5.91 Å². The van der Waals surface area contributed by atoms with Crippen molar-refractivity contribution < 1.29 is 19.1 Å². The van der Waals surface area contributed by atoms with E-state index in [2.05, 4.69) is 16.0 Å². The number of nitrogens with one attached hydrogen (secondary N) is 3. The van der Waals surface area contributed by atoms with Gasteiger partial charge in [0.2, 0.25) is 11.8 Å². The molecule has 0 saturated carbocycles. The number of carbonyl (C=O) groups is 3. The van der Waals surface area contributed by atoms with Gasteiger partial charge >= 0.3 is 0 Å². The predicted octanol–water partition coefficient (Wildman–Crippen LogP) is 1.51. The Labute approximate surface area is 134 Å². The molecule has 1 heterocycles. The molecule has 2 atom stereocenters. The summed E-state index contributed by atoms with van der Waals surface area (Å²) in [7, 11) is 0. The molecule has 2 rings (SSSR count). The van der Waals surface area contributed by atoms with Gasteiger partial charge in [-0.05, 0) is 31.0 Å². The molecule has 7 nitrogen and oxygen atoms in total. The van der Waals surface area contributed by atoms with Gasteiger partial charge in [-0.3, -0.25) is 14.4 Å². The van der Waals surface area contributed by atoms with Gasteiger partial charge in [-0.25, -0.2) is 0 Å². The molecule has 1 aromatic carbocycles. The number of benzene rings is 1. The Hall–Kier alpha value is -2.57. The smallest absolute Gasteiger partial charge is 0.265 e. The molecule has 0 unspecified atom stereocenters. The first-order valence-electron chi connectivity index (χ1n) is 7.47. The summed E-state index contributed by atoms with van der Waals surface area (Å²) in [6.07, 6.45) is -0.548. The molecule has 0 aromatic heterocycles. The monoisotopic (exact) mass is 319 g/mol. The minimum Gasteiger partial charge on any atom is -0.479 e. The number of rotatable bonds is 4. The lowest BCUT2D eigenvalue weighted by atomic mass is 10.0. The molecule has 0 radical (unpaired) electrons. The number of amides is 3. The summed E-state index contributed by atoms with van der Waals surface area (Å²) in [5.74, 6) is -0.317. The summed E-state index contributed by atoms with van der Waals surface area (Å²) in [6.45, 7) is 6.73. The van der Waals surface area contributed by atoms with Crippen LogP contribution in [0.15, 0.2) is 18.2 Å². The lowest BCUT2D eigenvalue weighted by molar-refractivity contribution is -0.126. The molecule has 0 spiro atoms. The van der Waals surface area contributed by atoms with Crippen molar-refractivity contribution >= 4 is 29.1 Å². The third kappa shape index (κ3) is 4.00. The van der Waals surface area contributed by atoms with E-state index in [1.165, 1.54) is 6.92 Å². The molecule has 3 amide bonds. The zero-order valence-electron chi connectivity index (χ0n) is 13.6. The van der Waals surface area contributed by atoms with E-state index in [0.717, 1.165) is 0 Å². The number of hydrogen-bond donors (Lipinski definition) is 3. The van der Waals surface area contributed by atoms with Gasteiger partial charge in [0, 0.05) is 12.6 Å². The number of anilines is 2. The van der Waals surface area contributed by atoms with E-state index in [4.69, 9.17) is 4.74 Å². The van der Waals surface area contributed by atoms with Crippen LogP contribution < -0.4 is 20.7 Å². The van der Waals surface area contributed by atoms with E-state index in [9.17, 15) is 14.4 Å². The molecular formula is C16H21N3O4. The van der Waals surface area contributed by atoms with Crippen LogP contribution in [0.1, 0.15) is 27.7 Å². The minimum absolute atomic E-state index is 0.0552. The molecule has 124 valence electrons. The molecule has 0 aliphatic carbocycles. The number of carbonyl (C=O) groups excluding carboxylic acids is 3. The van der Waals surface area contributed by atoms with E-state index < -0.39 is 12.1 Å². The second-order valence-corrected chi connectivity index (χ2v) is 5.87. The Balaban J connectivity index is 2.14. The Morgan fingerprint density at radius 1 is 1.30 bits per heavy atom. The maximum atomic E-state index is 12.3. The Kier molecular flexibility index (Phi) is 4.88. The summed E-state index contributed by atoms with van der Waals surface area (Å²) in [5.41, 5.74) is 1.02. The van der Waals surface area contributed by atoms with Crippen LogP contribution in [0.2, 0.25) is 0 Å². The summed E-state index contributed by atoms with van der Waals surface area (Å²) in [4.78, 5) is 35.2. The molecule has 1 aliphatic heterocycles. The average molecular weight is 319 g/mol. The van der Waals surface area contributed by atoms with Crippen molar-refractivity contribution in [3.05, 3.63) is 18.2 Å². The Morgan fingerprint density at radius 2 is 2.00 bits per heavy atom. The molecule has 3 N–H and O–H groups in total. The second-order valence-electron chi connectivity index (χ2n) is 5.87. The molecule has 7 heteroatoms. The van der Waals surface area contributed by atoms with Crippen molar-refractivity contribution in [1.82, 2.24) is 5.32 Å². The van der Waals surface area contributed by atoms with Crippen LogP contribution in [0.5, 0.6) is 5.75 Å². The molecule has 23 heavy (non-hydrogen) atoms. The van der Waals surface area contributed by atoms with Crippen molar-refractivity contribution in [2.75, 3.05) is 10.6 Å². The molecule has 0 bridgehead atoms. The first-order valence-corrected chi connectivity index (χ1v) is 7.47. The molecule has 1 aliphatic rings. The van der Waals surface area contributed by atoms with Crippen LogP contribution in [0.25, 0.3) is 0 Å². The van der Waals surface area contributed by atoms with Gasteiger partial charge in [0.15, 0.2) is 6.10 Å². The Morgan fingerprint density at radius 3 is 2.61 bits per heavy atom. The lowest BCUT2D eigenvalue weighted by Gasteiger charge is -2.24. The maximum absolute atomic E-state index is 12.3. The molecule has 1 aromatic rings. The topological polar surface area (TPSA) is 96.5 Å². The van der Waals surface area contributed by atoms with Gasteiger partial charge in [0.1, 0.15) is 11.8 Å². The zero-order valence-corrected chi connectivity index (χ0v) is 13.6. The first-order chi connectivity index (χ1) is 10.8. The van der Waals surface area contributed by atoms with Crippen molar-refractivity contribution in [3.8, 4) is 5.75 Å². The summed E-state index contributed by atoms with van der Waals surface area (Å²) >= 11 is 0. The highest BCUT2D eigenvalue weighted by molar-refractivity contribution is 6.00. The van der Waals surface area contributed by atoms with Gasteiger partial charge in [-0.15, -0.1) is 0 Å². The highest BCUT2D eigenvalue weighted by Crippen LogP contribution is 2.32. The highest BCUT2D eigenvalue weighted by atomic mass is 16.5. The van der Waals surface area contributed by atoms with Crippen LogP contribution >= 0.6 is 0 Å². The summed E-state index contributed by atoms with van der Waals surface area (Å²) < 4.78 is 5.46. The fourth-order valence-electron chi connectivity index (χ4n) is 2.26. The van der Waals surface area contributed by atoms with E-state index in [1.54, 1.807) is 25.1 Å². The number of fused-ring (bicyclic) bond motifs is 1. The Bertz CT molecular complexity index is 642. The minimum atomic E-state index is -0.630. The van der Waals surface area contributed by atoms with Crippen LogP contribution in [-0.2, 0) is 14.4 Å². The predicted molar refractivity (Wildman–Crippen MR) is 86.2 cm³/mol. The third-order valence-electron chi connectivity index (χ3n) is 3.49. The number of hydrogen-bond acceptors (Lipinski definition) is 4. The SMILES string of the molecule is CC(=O)N[C@H](C(=O)Nc1ccc2c(c1)NC(=O)[C@H](C)O2)C(C)C. The largest absolute Gasteiger partial charge is 0.479 e. The van der Waals surface area contributed by atoms with Gasteiger partial charge < -0.3 is 20.7 Å². The van der Waals surface area contributed by atoms with Crippen LogP contribution in [0, 0.1) is 5.92 Å². The normalized spacial score (nSPS) is 17.6. The standard InChI is InChI=1S/C16H21N3O4/c1-8(2)14(17-10(4)20)16(22)18-11-5-6-13-12(7-11)19-15(21)9(3)23-13/h5-9,14H,1-4H3,(H,17,20)(H,18,22)(H,19,21)/t9-,14-/m0/s1. The van der Waals surface area contributed by atoms with Crippen molar-refractivity contribution in [2.24, 2.45) is 5.92 Å². The van der Waals surface area contributed by atoms with E-state index in [1.807, 2.05) is 13.8 Å². The highest BCUT2D eigenvalue weighted by Gasteiger charge is 2.25. The summed E-state index contributed by atoms with van der Waals surface area (Å²) in [5, 5.41) is 8.10. The molecule has 0 saturated heterocycles. The van der Waals surface area contributed by atoms with Crippen molar-refractivity contribution in [1.29, 1.82) is 0 Å². The average Bonchev–Trinajstić information content (AvgIpc) is 2.45. The van der Waals surface area contributed by atoms with Crippen molar-refractivity contribution in [3.63, 3.8) is 0 Å². The quantitative estimate of drug-likeness (QED) is 0.783. The van der Waals surface area contributed by atoms with E-state index >= 15 is 0 Å².